The lowest BCUT2D eigenvalue weighted by atomic mass is 10.2. The van der Waals surface area contributed by atoms with Crippen LogP contribution in [0.3, 0.4) is 0 Å². The lowest BCUT2D eigenvalue weighted by molar-refractivity contribution is 1.03. The molecule has 2 aromatic heterocycles. The van der Waals surface area contributed by atoms with Crippen LogP contribution in [0.1, 0.15) is 0 Å². The molecule has 0 spiro atoms. The van der Waals surface area contributed by atoms with E-state index in [9.17, 15) is 0 Å². The van der Waals surface area contributed by atoms with Crippen molar-refractivity contribution in [2.75, 3.05) is 5.73 Å². The third-order valence-corrected chi connectivity index (χ3v) is 1.49. The molecule has 0 aromatic carbocycles. The van der Waals surface area contributed by atoms with Crippen molar-refractivity contribution >= 4 is 5.82 Å². The Bertz CT molecular complexity index is 366. The number of aromatic amines is 1. The molecular formula is C7H7N5. The van der Waals surface area contributed by atoms with Gasteiger partial charge in [-0.3, -0.25) is 5.10 Å². The second-order valence-corrected chi connectivity index (χ2v) is 2.34. The maximum absolute atomic E-state index is 5.44. The molecule has 5 heteroatoms. The number of hydrogen-bond acceptors (Lipinski definition) is 4. The summed E-state index contributed by atoms with van der Waals surface area (Å²) in [6.45, 7) is 0. The second-order valence-electron chi connectivity index (χ2n) is 2.34. The van der Waals surface area contributed by atoms with Crippen LogP contribution in [0.2, 0.25) is 0 Å². The average molecular weight is 161 g/mol. The molecule has 0 aliphatic carbocycles. The van der Waals surface area contributed by atoms with Crippen LogP contribution in [0.4, 0.5) is 5.82 Å². The van der Waals surface area contributed by atoms with Gasteiger partial charge in [-0.2, -0.15) is 15.3 Å². The Labute approximate surface area is 68.6 Å². The number of nitrogens with two attached hydrogens (primary N) is 1. The number of aromatic nitrogens is 4. The number of rotatable bonds is 1. The highest BCUT2D eigenvalue weighted by atomic mass is 15.2. The zero-order chi connectivity index (χ0) is 8.39. The number of nitrogens with zero attached hydrogens (tertiary/aromatic N) is 3. The van der Waals surface area contributed by atoms with Crippen LogP contribution < -0.4 is 5.73 Å². The first kappa shape index (κ1) is 6.78. The summed E-state index contributed by atoms with van der Waals surface area (Å²) in [5, 5.41) is 14.0. The number of nitrogen functional groups attached to an aromatic ring is 1. The van der Waals surface area contributed by atoms with E-state index in [0.29, 0.717) is 5.82 Å². The summed E-state index contributed by atoms with van der Waals surface area (Å²) in [6, 6.07) is 3.58. The summed E-state index contributed by atoms with van der Waals surface area (Å²) in [5.74, 6) is 0.474. The van der Waals surface area contributed by atoms with Crippen LogP contribution in [-0.2, 0) is 0 Å². The molecule has 0 bridgehead atoms. The van der Waals surface area contributed by atoms with Gasteiger partial charge in [-0.15, -0.1) is 0 Å². The molecule has 3 N–H and O–H groups in total. The lowest BCUT2D eigenvalue weighted by Crippen LogP contribution is -1.81. The minimum atomic E-state index is 0.474. The molecule has 60 valence electrons. The molecule has 12 heavy (non-hydrogen) atoms. The van der Waals surface area contributed by atoms with Crippen LogP contribution in [-0.4, -0.2) is 20.4 Å². The van der Waals surface area contributed by atoms with Crippen molar-refractivity contribution in [2.45, 2.75) is 0 Å². The molecule has 0 aliphatic heterocycles. The molecule has 0 saturated heterocycles. The van der Waals surface area contributed by atoms with Crippen molar-refractivity contribution < 1.29 is 0 Å². The summed E-state index contributed by atoms with van der Waals surface area (Å²) in [7, 11) is 0. The topological polar surface area (TPSA) is 80.5 Å². The Balaban J connectivity index is 2.45. The minimum absolute atomic E-state index is 0.474. The second kappa shape index (κ2) is 2.61. The normalized spacial score (nSPS) is 10.0. The quantitative estimate of drug-likeness (QED) is 0.636. The van der Waals surface area contributed by atoms with Crippen molar-refractivity contribution in [3.05, 3.63) is 24.5 Å². The maximum atomic E-state index is 5.44. The van der Waals surface area contributed by atoms with Crippen molar-refractivity contribution in [1.29, 1.82) is 0 Å². The highest BCUT2D eigenvalue weighted by molar-refractivity contribution is 5.60. The highest BCUT2D eigenvalue weighted by Gasteiger charge is 1.99. The van der Waals surface area contributed by atoms with Gasteiger partial charge in [-0.25, -0.2) is 0 Å². The zero-order valence-electron chi connectivity index (χ0n) is 6.23. The van der Waals surface area contributed by atoms with Crippen LogP contribution >= 0.6 is 0 Å². The van der Waals surface area contributed by atoms with Crippen LogP contribution in [0.15, 0.2) is 24.5 Å². The van der Waals surface area contributed by atoms with E-state index in [1.165, 1.54) is 0 Å². The predicted octanol–water partition coefficient (Wildman–Crippen LogP) is 0.449. The van der Waals surface area contributed by atoms with Gasteiger partial charge in [-0.1, -0.05) is 0 Å². The molecule has 2 rings (SSSR count). The van der Waals surface area contributed by atoms with E-state index in [1.54, 1.807) is 18.5 Å². The zero-order valence-corrected chi connectivity index (χ0v) is 6.23. The first-order valence-electron chi connectivity index (χ1n) is 3.44. The predicted molar refractivity (Wildman–Crippen MR) is 44.0 cm³/mol. The van der Waals surface area contributed by atoms with Crippen LogP contribution in [0.25, 0.3) is 11.3 Å². The Hall–Kier alpha value is -1.91. The van der Waals surface area contributed by atoms with Crippen molar-refractivity contribution in [2.24, 2.45) is 0 Å². The van der Waals surface area contributed by atoms with E-state index in [-0.39, 0.29) is 0 Å². The van der Waals surface area contributed by atoms with Gasteiger partial charge < -0.3 is 5.73 Å². The van der Waals surface area contributed by atoms with Gasteiger partial charge in [0, 0.05) is 11.6 Å². The molecular weight excluding hydrogens is 154 g/mol. The fourth-order valence-corrected chi connectivity index (χ4v) is 0.935. The number of anilines is 1. The molecule has 2 heterocycles. The van der Waals surface area contributed by atoms with Gasteiger partial charge in [0.1, 0.15) is 5.82 Å². The summed E-state index contributed by atoms with van der Waals surface area (Å²) in [6.07, 6.45) is 3.26. The molecule has 0 saturated carbocycles. The van der Waals surface area contributed by atoms with E-state index < -0.39 is 0 Å². The minimum Gasteiger partial charge on any atom is -0.382 e. The fraction of sp³-hybridized carbons (Fsp3) is 0. The van der Waals surface area contributed by atoms with Crippen molar-refractivity contribution in [1.82, 2.24) is 20.4 Å². The van der Waals surface area contributed by atoms with Crippen LogP contribution in [0.5, 0.6) is 0 Å². The Kier molecular flexibility index (Phi) is 1.48. The largest absolute Gasteiger partial charge is 0.382 e. The fourth-order valence-electron chi connectivity index (χ4n) is 0.935. The Morgan fingerprint density at radius 1 is 1.33 bits per heavy atom. The van der Waals surface area contributed by atoms with Gasteiger partial charge in [0.25, 0.3) is 0 Å². The number of H-pyrrole nitrogens is 1. The van der Waals surface area contributed by atoms with E-state index in [0.717, 1.165) is 11.3 Å². The molecule has 0 radical (unpaired) electrons. The molecule has 0 amide bonds. The average Bonchev–Trinajstić information content (AvgIpc) is 2.54. The summed E-state index contributed by atoms with van der Waals surface area (Å²) in [5.41, 5.74) is 7.21. The van der Waals surface area contributed by atoms with E-state index in [2.05, 4.69) is 20.4 Å². The Morgan fingerprint density at radius 3 is 2.83 bits per heavy atom. The summed E-state index contributed by atoms with van der Waals surface area (Å²) in [4.78, 5) is 0. The molecule has 0 aliphatic rings. The highest BCUT2D eigenvalue weighted by Crippen LogP contribution is 2.15. The van der Waals surface area contributed by atoms with Gasteiger partial charge in [-0.05, 0) is 6.07 Å². The smallest absolute Gasteiger partial charge is 0.145 e. The Morgan fingerprint density at radius 2 is 2.25 bits per heavy atom. The molecule has 2 aromatic rings. The summed E-state index contributed by atoms with van der Waals surface area (Å²) >= 11 is 0. The first-order chi connectivity index (χ1) is 5.86. The van der Waals surface area contributed by atoms with E-state index in [4.69, 9.17) is 5.73 Å². The van der Waals surface area contributed by atoms with Crippen LogP contribution in [0, 0.1) is 0 Å². The third kappa shape index (κ3) is 1.12. The summed E-state index contributed by atoms with van der Waals surface area (Å²) < 4.78 is 0. The van der Waals surface area contributed by atoms with Crippen molar-refractivity contribution in [3.63, 3.8) is 0 Å². The van der Waals surface area contributed by atoms with Gasteiger partial charge in [0.15, 0.2) is 0 Å². The lowest BCUT2D eigenvalue weighted by Gasteiger charge is -1.91. The molecule has 5 nitrogen and oxygen atoms in total. The molecule has 0 unspecified atom stereocenters. The molecule has 0 atom stereocenters. The number of hydrogen-bond donors (Lipinski definition) is 2. The SMILES string of the molecule is Nc1cc(-c2ccnnc2)[nH]n1. The van der Waals surface area contributed by atoms with Gasteiger partial charge in [0.05, 0.1) is 18.1 Å². The van der Waals surface area contributed by atoms with E-state index in [1.807, 2.05) is 6.07 Å². The van der Waals surface area contributed by atoms with Gasteiger partial charge >= 0.3 is 0 Å². The number of nitrogens with one attached hydrogen (secondary N) is 1. The molecule has 0 fully saturated rings. The van der Waals surface area contributed by atoms with Gasteiger partial charge in [0.2, 0.25) is 0 Å². The third-order valence-electron chi connectivity index (χ3n) is 1.49. The standard InChI is InChI=1S/C7H7N5/c8-7-3-6(11-12-7)5-1-2-9-10-4-5/h1-4H,(H3,8,11,12). The monoisotopic (exact) mass is 161 g/mol. The van der Waals surface area contributed by atoms with Crippen molar-refractivity contribution in [3.8, 4) is 11.3 Å². The van der Waals surface area contributed by atoms with E-state index >= 15 is 0 Å². The first-order valence-corrected chi connectivity index (χ1v) is 3.44. The maximum Gasteiger partial charge on any atom is 0.145 e.